The summed E-state index contributed by atoms with van der Waals surface area (Å²) in [7, 11) is 0. The molecule has 2 bridgehead atoms. The number of rotatable bonds is 3. The van der Waals surface area contributed by atoms with Gasteiger partial charge in [-0.1, -0.05) is 18.2 Å². The van der Waals surface area contributed by atoms with E-state index >= 15 is 0 Å². The molecule has 0 aliphatic carbocycles. The molecule has 3 aliphatic heterocycles. The third-order valence-electron chi connectivity index (χ3n) is 4.73. The Morgan fingerprint density at radius 2 is 1.81 bits per heavy atom. The Kier molecular flexibility index (Phi) is 3.78. The summed E-state index contributed by atoms with van der Waals surface area (Å²) in [5.41, 5.74) is 1.79. The van der Waals surface area contributed by atoms with Crippen LogP contribution < -0.4 is 0 Å². The lowest BCUT2D eigenvalue weighted by Crippen LogP contribution is -2.24. The summed E-state index contributed by atoms with van der Waals surface area (Å²) in [5.74, 6) is 0.525. The Labute approximate surface area is 129 Å². The molecule has 0 radical (unpaired) electrons. The topological polar surface area (TPSA) is 35.5 Å². The number of ketones is 1. The monoisotopic (exact) mass is 304 g/mol. The Bertz CT molecular complexity index is 527. The third-order valence-corrected chi connectivity index (χ3v) is 6.35. The predicted molar refractivity (Wildman–Crippen MR) is 82.5 cm³/mol. The van der Waals surface area contributed by atoms with Gasteiger partial charge in [-0.2, -0.15) is 11.8 Å². The van der Waals surface area contributed by atoms with E-state index < -0.39 is 0 Å². The quantitative estimate of drug-likeness (QED) is 0.800. The Hall–Kier alpha value is -0.840. The SMILES string of the molecule is O=C(c1cccc(C2OCCO2)c1)C1CC2CCC(C1)S2. The minimum absolute atomic E-state index is 0.212. The molecule has 0 N–H and O–H groups in total. The summed E-state index contributed by atoms with van der Waals surface area (Å²) in [6.45, 7) is 1.26. The van der Waals surface area contributed by atoms with Crippen LogP contribution in [0.2, 0.25) is 0 Å². The molecular formula is C17H20O3S. The first kappa shape index (κ1) is 13.8. The van der Waals surface area contributed by atoms with Gasteiger partial charge in [0.2, 0.25) is 0 Å². The average Bonchev–Trinajstić information content (AvgIpc) is 3.16. The van der Waals surface area contributed by atoms with Gasteiger partial charge in [0.05, 0.1) is 13.2 Å². The molecule has 4 rings (SSSR count). The van der Waals surface area contributed by atoms with Crippen LogP contribution in [0, 0.1) is 5.92 Å². The summed E-state index contributed by atoms with van der Waals surface area (Å²) >= 11 is 2.10. The molecule has 1 aromatic carbocycles. The maximum absolute atomic E-state index is 12.8. The molecule has 2 unspecified atom stereocenters. The van der Waals surface area contributed by atoms with Gasteiger partial charge in [0.15, 0.2) is 12.1 Å². The zero-order valence-electron chi connectivity index (χ0n) is 12.0. The Morgan fingerprint density at radius 3 is 2.52 bits per heavy atom. The van der Waals surface area contributed by atoms with E-state index in [0.29, 0.717) is 29.5 Å². The highest BCUT2D eigenvalue weighted by Gasteiger charge is 2.38. The van der Waals surface area contributed by atoms with E-state index in [0.717, 1.165) is 24.0 Å². The minimum Gasteiger partial charge on any atom is -0.346 e. The van der Waals surface area contributed by atoms with Crippen molar-refractivity contribution in [3.8, 4) is 0 Å². The van der Waals surface area contributed by atoms with Crippen molar-refractivity contribution in [1.82, 2.24) is 0 Å². The number of fused-ring (bicyclic) bond motifs is 2. The van der Waals surface area contributed by atoms with Gasteiger partial charge in [-0.3, -0.25) is 4.79 Å². The second-order valence-corrected chi connectivity index (χ2v) is 7.79. The van der Waals surface area contributed by atoms with Crippen molar-refractivity contribution in [2.24, 2.45) is 5.92 Å². The highest BCUT2D eigenvalue weighted by Crippen LogP contribution is 2.46. The average molecular weight is 304 g/mol. The Balaban J connectivity index is 1.52. The van der Waals surface area contributed by atoms with E-state index in [1.54, 1.807) is 0 Å². The predicted octanol–water partition coefficient (Wildman–Crippen LogP) is 3.59. The van der Waals surface area contributed by atoms with E-state index in [-0.39, 0.29) is 12.2 Å². The third kappa shape index (κ3) is 2.77. The smallest absolute Gasteiger partial charge is 0.184 e. The van der Waals surface area contributed by atoms with Crippen LogP contribution in [-0.2, 0) is 9.47 Å². The molecule has 3 aliphatic rings. The molecule has 3 heterocycles. The molecule has 112 valence electrons. The van der Waals surface area contributed by atoms with Crippen molar-refractivity contribution in [3.05, 3.63) is 35.4 Å². The molecule has 0 spiro atoms. The van der Waals surface area contributed by atoms with E-state index in [1.165, 1.54) is 12.8 Å². The maximum Gasteiger partial charge on any atom is 0.184 e. The second kappa shape index (κ2) is 5.75. The molecular weight excluding hydrogens is 284 g/mol. The van der Waals surface area contributed by atoms with Gasteiger partial charge in [-0.05, 0) is 31.7 Å². The summed E-state index contributed by atoms with van der Waals surface area (Å²) in [6, 6.07) is 7.82. The molecule has 0 amide bonds. The molecule has 21 heavy (non-hydrogen) atoms. The number of thioether (sulfide) groups is 1. The molecule has 2 atom stereocenters. The maximum atomic E-state index is 12.8. The summed E-state index contributed by atoms with van der Waals surface area (Å²) in [4.78, 5) is 12.8. The lowest BCUT2D eigenvalue weighted by molar-refractivity contribution is -0.0441. The Morgan fingerprint density at radius 1 is 1.10 bits per heavy atom. The van der Waals surface area contributed by atoms with Gasteiger partial charge in [0, 0.05) is 27.5 Å². The number of carbonyl (C=O) groups is 1. The first-order chi connectivity index (χ1) is 10.3. The normalized spacial score (nSPS) is 32.5. The largest absolute Gasteiger partial charge is 0.346 e. The molecule has 0 aromatic heterocycles. The van der Waals surface area contributed by atoms with Crippen LogP contribution in [0.15, 0.2) is 24.3 Å². The fraction of sp³-hybridized carbons (Fsp3) is 0.588. The van der Waals surface area contributed by atoms with Crippen molar-refractivity contribution in [1.29, 1.82) is 0 Å². The molecule has 3 nitrogen and oxygen atoms in total. The van der Waals surface area contributed by atoms with Gasteiger partial charge in [-0.25, -0.2) is 0 Å². The fourth-order valence-electron chi connectivity index (χ4n) is 3.70. The van der Waals surface area contributed by atoms with E-state index in [2.05, 4.69) is 11.8 Å². The molecule has 3 saturated heterocycles. The standard InChI is InChI=1S/C17H20O3S/c18-16(13-9-14-4-5-15(10-13)21-14)11-2-1-3-12(8-11)17-19-6-7-20-17/h1-3,8,13-15,17H,4-7,9-10H2. The highest BCUT2D eigenvalue weighted by atomic mass is 32.2. The van der Waals surface area contributed by atoms with E-state index in [4.69, 9.17) is 9.47 Å². The minimum atomic E-state index is -0.296. The number of ether oxygens (including phenoxy) is 2. The summed E-state index contributed by atoms with van der Waals surface area (Å²) in [5, 5.41) is 1.42. The van der Waals surface area contributed by atoms with E-state index in [9.17, 15) is 4.79 Å². The van der Waals surface area contributed by atoms with Crippen LogP contribution in [0.3, 0.4) is 0 Å². The zero-order valence-corrected chi connectivity index (χ0v) is 12.8. The van der Waals surface area contributed by atoms with Crippen LogP contribution in [0.1, 0.15) is 47.9 Å². The lowest BCUT2D eigenvalue weighted by atomic mass is 9.90. The molecule has 3 fully saturated rings. The van der Waals surface area contributed by atoms with Crippen LogP contribution in [0.5, 0.6) is 0 Å². The number of Topliss-reactive ketones (excluding diaryl/α,β-unsaturated/α-hetero) is 1. The first-order valence-corrected chi connectivity index (χ1v) is 8.77. The van der Waals surface area contributed by atoms with Crippen molar-refractivity contribution in [3.63, 3.8) is 0 Å². The van der Waals surface area contributed by atoms with Crippen molar-refractivity contribution in [2.45, 2.75) is 42.5 Å². The lowest BCUT2D eigenvalue weighted by Gasteiger charge is -2.26. The van der Waals surface area contributed by atoms with Crippen molar-refractivity contribution >= 4 is 17.5 Å². The van der Waals surface area contributed by atoms with Crippen LogP contribution in [-0.4, -0.2) is 29.5 Å². The number of hydrogen-bond donors (Lipinski definition) is 0. The summed E-state index contributed by atoms with van der Waals surface area (Å²) < 4.78 is 11.1. The van der Waals surface area contributed by atoms with Gasteiger partial charge < -0.3 is 9.47 Å². The van der Waals surface area contributed by atoms with Crippen LogP contribution >= 0.6 is 11.8 Å². The van der Waals surface area contributed by atoms with Gasteiger partial charge in [0.1, 0.15) is 0 Å². The van der Waals surface area contributed by atoms with Crippen molar-refractivity contribution < 1.29 is 14.3 Å². The summed E-state index contributed by atoms with van der Waals surface area (Å²) in [6.07, 6.45) is 4.41. The number of benzene rings is 1. The molecule has 4 heteroatoms. The van der Waals surface area contributed by atoms with Gasteiger partial charge in [-0.15, -0.1) is 0 Å². The van der Waals surface area contributed by atoms with Crippen LogP contribution in [0.4, 0.5) is 0 Å². The molecule has 0 saturated carbocycles. The van der Waals surface area contributed by atoms with Gasteiger partial charge in [0.25, 0.3) is 0 Å². The van der Waals surface area contributed by atoms with Crippen LogP contribution in [0.25, 0.3) is 0 Å². The number of hydrogen-bond acceptors (Lipinski definition) is 4. The first-order valence-electron chi connectivity index (χ1n) is 7.82. The molecule has 1 aromatic rings. The van der Waals surface area contributed by atoms with Crippen molar-refractivity contribution in [2.75, 3.05) is 13.2 Å². The fourth-order valence-corrected chi connectivity index (χ4v) is 5.47. The zero-order chi connectivity index (χ0) is 14.2. The van der Waals surface area contributed by atoms with Gasteiger partial charge >= 0.3 is 0 Å². The number of carbonyl (C=O) groups excluding carboxylic acids is 1. The second-order valence-electron chi connectivity index (χ2n) is 6.19. The highest BCUT2D eigenvalue weighted by molar-refractivity contribution is 8.00. The van der Waals surface area contributed by atoms with E-state index in [1.807, 2.05) is 24.3 Å².